The third-order valence-corrected chi connectivity index (χ3v) is 4.05. The number of aryl methyl sites for hydroxylation is 1. The van der Waals surface area contributed by atoms with Gasteiger partial charge in [-0.1, -0.05) is 29.8 Å². The van der Waals surface area contributed by atoms with Crippen LogP contribution in [0, 0.1) is 6.92 Å². The number of hydrogen-bond acceptors (Lipinski definition) is 2. The number of halogens is 3. The number of hydrogen-bond donors (Lipinski definition) is 0. The van der Waals surface area contributed by atoms with Crippen molar-refractivity contribution in [2.45, 2.75) is 20.1 Å². The smallest absolute Gasteiger partial charge is 0.387 e. The third kappa shape index (κ3) is 3.57. The quantitative estimate of drug-likeness (QED) is 0.636. The summed E-state index contributed by atoms with van der Waals surface area (Å²) in [6.45, 7) is -0.294. The maximum atomic E-state index is 12.2. The van der Waals surface area contributed by atoms with E-state index >= 15 is 0 Å². The summed E-state index contributed by atoms with van der Waals surface area (Å²) in [5.41, 5.74) is 2.79. The minimum atomic E-state index is -2.83. The van der Waals surface area contributed by atoms with Crippen LogP contribution >= 0.6 is 11.6 Å². The van der Waals surface area contributed by atoms with E-state index in [4.69, 9.17) is 11.6 Å². The van der Waals surface area contributed by atoms with Crippen molar-refractivity contribution in [3.63, 3.8) is 0 Å². The Morgan fingerprint density at radius 1 is 1.12 bits per heavy atom. The summed E-state index contributed by atoms with van der Waals surface area (Å²) >= 11 is 6.24. The highest BCUT2D eigenvalue weighted by Gasteiger charge is 2.12. The van der Waals surface area contributed by atoms with E-state index in [0.29, 0.717) is 11.6 Å². The van der Waals surface area contributed by atoms with Gasteiger partial charge in [0.25, 0.3) is 0 Å². The van der Waals surface area contributed by atoms with E-state index in [1.54, 1.807) is 18.3 Å². The van der Waals surface area contributed by atoms with Crippen molar-refractivity contribution >= 4 is 11.6 Å². The Bertz CT molecular complexity index is 831. The fraction of sp³-hybridized carbons (Fsp3) is 0.167. The summed E-state index contributed by atoms with van der Waals surface area (Å²) < 4.78 is 30.9. The molecule has 2 aromatic carbocycles. The largest absolute Gasteiger partial charge is 0.435 e. The van der Waals surface area contributed by atoms with Gasteiger partial charge in [0, 0.05) is 22.5 Å². The number of alkyl halides is 2. The molecule has 0 aliphatic rings. The molecule has 0 aliphatic carbocycles. The SMILES string of the molecule is Cc1cnc(-c2ccc(OC(F)F)cc2)n1Cc1ccccc1Cl. The maximum Gasteiger partial charge on any atom is 0.387 e. The number of nitrogens with zero attached hydrogens (tertiary/aromatic N) is 2. The predicted molar refractivity (Wildman–Crippen MR) is 89.6 cm³/mol. The standard InChI is InChI=1S/C18H15ClF2N2O/c1-12-10-22-17(13-6-8-15(9-7-13)24-18(20)21)23(12)11-14-4-2-3-5-16(14)19/h2-10,18H,11H2,1H3. The molecule has 1 heterocycles. The molecule has 0 saturated carbocycles. The highest BCUT2D eigenvalue weighted by Crippen LogP contribution is 2.25. The fourth-order valence-electron chi connectivity index (χ4n) is 2.47. The van der Waals surface area contributed by atoms with Crippen molar-refractivity contribution in [2.24, 2.45) is 0 Å². The van der Waals surface area contributed by atoms with Gasteiger partial charge in [0.15, 0.2) is 0 Å². The van der Waals surface area contributed by atoms with E-state index in [9.17, 15) is 8.78 Å². The first-order valence-electron chi connectivity index (χ1n) is 7.35. The zero-order valence-electron chi connectivity index (χ0n) is 12.9. The molecular formula is C18H15ClF2N2O. The van der Waals surface area contributed by atoms with Crippen LogP contribution in [0.1, 0.15) is 11.3 Å². The zero-order chi connectivity index (χ0) is 17.1. The molecule has 124 valence electrons. The van der Waals surface area contributed by atoms with Gasteiger partial charge in [-0.25, -0.2) is 4.98 Å². The van der Waals surface area contributed by atoms with Crippen LogP contribution in [0.3, 0.4) is 0 Å². The van der Waals surface area contributed by atoms with Crippen molar-refractivity contribution in [1.82, 2.24) is 9.55 Å². The van der Waals surface area contributed by atoms with Crippen LogP contribution in [0.15, 0.2) is 54.7 Å². The number of rotatable bonds is 5. The van der Waals surface area contributed by atoms with E-state index in [2.05, 4.69) is 9.72 Å². The Morgan fingerprint density at radius 3 is 2.50 bits per heavy atom. The number of ether oxygens (including phenoxy) is 1. The van der Waals surface area contributed by atoms with Crippen molar-refractivity contribution in [3.05, 3.63) is 71.0 Å². The van der Waals surface area contributed by atoms with Crippen LogP contribution in [0.4, 0.5) is 8.78 Å². The van der Waals surface area contributed by atoms with Crippen molar-refractivity contribution < 1.29 is 13.5 Å². The first-order chi connectivity index (χ1) is 11.5. The monoisotopic (exact) mass is 348 g/mol. The lowest BCUT2D eigenvalue weighted by atomic mass is 10.2. The fourth-order valence-corrected chi connectivity index (χ4v) is 2.67. The second-order valence-electron chi connectivity index (χ2n) is 5.30. The molecule has 3 rings (SSSR count). The highest BCUT2D eigenvalue weighted by molar-refractivity contribution is 6.31. The Labute approximate surface area is 143 Å². The summed E-state index contributed by atoms with van der Waals surface area (Å²) in [5, 5.41) is 0.692. The summed E-state index contributed by atoms with van der Waals surface area (Å²) in [6.07, 6.45) is 1.77. The van der Waals surface area contributed by atoms with Crippen molar-refractivity contribution in [2.75, 3.05) is 0 Å². The molecule has 0 bridgehead atoms. The topological polar surface area (TPSA) is 27.1 Å². The molecule has 0 unspecified atom stereocenters. The molecule has 3 nitrogen and oxygen atoms in total. The van der Waals surface area contributed by atoms with Gasteiger partial charge in [-0.15, -0.1) is 0 Å². The number of imidazole rings is 1. The van der Waals surface area contributed by atoms with Gasteiger partial charge < -0.3 is 9.30 Å². The second kappa shape index (κ2) is 7.01. The predicted octanol–water partition coefficient (Wildman–Crippen LogP) is 5.16. The van der Waals surface area contributed by atoms with Gasteiger partial charge in [0.1, 0.15) is 11.6 Å². The number of aromatic nitrogens is 2. The van der Waals surface area contributed by atoms with E-state index < -0.39 is 6.61 Å². The van der Waals surface area contributed by atoms with Crippen LogP contribution in [-0.2, 0) is 6.54 Å². The third-order valence-electron chi connectivity index (χ3n) is 3.68. The van der Waals surface area contributed by atoms with E-state index in [0.717, 1.165) is 22.6 Å². The Balaban J connectivity index is 1.91. The molecule has 0 N–H and O–H groups in total. The molecule has 0 radical (unpaired) electrons. The lowest BCUT2D eigenvalue weighted by Gasteiger charge is -2.12. The van der Waals surface area contributed by atoms with E-state index in [-0.39, 0.29) is 5.75 Å². The maximum absolute atomic E-state index is 12.2. The molecule has 0 amide bonds. The van der Waals surface area contributed by atoms with Gasteiger partial charge in [0.2, 0.25) is 0 Å². The average Bonchev–Trinajstić information content (AvgIpc) is 2.91. The molecule has 0 saturated heterocycles. The summed E-state index contributed by atoms with van der Waals surface area (Å²) in [7, 11) is 0. The van der Waals surface area contributed by atoms with E-state index in [1.807, 2.05) is 35.8 Å². The molecular weight excluding hydrogens is 334 g/mol. The minimum absolute atomic E-state index is 0.120. The summed E-state index contributed by atoms with van der Waals surface area (Å²) in [4.78, 5) is 4.43. The number of benzene rings is 2. The Hall–Kier alpha value is -2.40. The van der Waals surface area contributed by atoms with Crippen molar-refractivity contribution in [3.8, 4) is 17.1 Å². The van der Waals surface area contributed by atoms with Gasteiger partial charge in [-0.05, 0) is 42.8 Å². The minimum Gasteiger partial charge on any atom is -0.435 e. The summed E-state index contributed by atoms with van der Waals surface area (Å²) in [5.74, 6) is 0.866. The lowest BCUT2D eigenvalue weighted by molar-refractivity contribution is -0.0498. The molecule has 1 aromatic heterocycles. The lowest BCUT2D eigenvalue weighted by Crippen LogP contribution is -2.05. The molecule has 3 aromatic rings. The normalized spacial score (nSPS) is 11.0. The van der Waals surface area contributed by atoms with E-state index in [1.165, 1.54) is 12.1 Å². The first-order valence-corrected chi connectivity index (χ1v) is 7.73. The van der Waals surface area contributed by atoms with Crippen LogP contribution in [0.25, 0.3) is 11.4 Å². The Kier molecular flexibility index (Phi) is 4.81. The van der Waals surface area contributed by atoms with Crippen molar-refractivity contribution in [1.29, 1.82) is 0 Å². The molecule has 6 heteroatoms. The first kappa shape index (κ1) is 16.5. The summed E-state index contributed by atoms with van der Waals surface area (Å²) in [6, 6.07) is 14.1. The molecule has 0 aliphatic heterocycles. The zero-order valence-corrected chi connectivity index (χ0v) is 13.7. The van der Waals surface area contributed by atoms with Gasteiger partial charge in [0.05, 0.1) is 6.54 Å². The van der Waals surface area contributed by atoms with Gasteiger partial charge in [-0.3, -0.25) is 0 Å². The average molecular weight is 349 g/mol. The van der Waals surface area contributed by atoms with Crippen LogP contribution in [-0.4, -0.2) is 16.2 Å². The Morgan fingerprint density at radius 2 is 1.83 bits per heavy atom. The second-order valence-corrected chi connectivity index (χ2v) is 5.71. The highest BCUT2D eigenvalue weighted by atomic mass is 35.5. The van der Waals surface area contributed by atoms with Crippen LogP contribution < -0.4 is 4.74 Å². The molecule has 0 fully saturated rings. The van der Waals surface area contributed by atoms with Gasteiger partial charge >= 0.3 is 6.61 Å². The molecule has 0 atom stereocenters. The molecule has 24 heavy (non-hydrogen) atoms. The van der Waals surface area contributed by atoms with Gasteiger partial charge in [-0.2, -0.15) is 8.78 Å². The molecule has 0 spiro atoms. The van der Waals surface area contributed by atoms with Crippen LogP contribution in [0.5, 0.6) is 5.75 Å². The van der Waals surface area contributed by atoms with Crippen LogP contribution in [0.2, 0.25) is 5.02 Å².